The van der Waals surface area contributed by atoms with Crippen molar-refractivity contribution in [2.75, 3.05) is 63.5 Å². The third kappa shape index (κ3) is 7.66. The van der Waals surface area contributed by atoms with Gasteiger partial charge in [-0.1, -0.05) is 0 Å². The number of ether oxygens (including phenoxy) is 1. The van der Waals surface area contributed by atoms with Crippen LogP contribution in [-0.2, 0) is 14.6 Å². The van der Waals surface area contributed by atoms with Gasteiger partial charge in [0.15, 0.2) is 5.82 Å². The fourth-order valence-corrected chi connectivity index (χ4v) is 5.98. The van der Waals surface area contributed by atoms with Gasteiger partial charge >= 0.3 is 0 Å². The Balaban J connectivity index is 1.64. The Hall–Kier alpha value is -4.07. The van der Waals surface area contributed by atoms with Gasteiger partial charge in [0.2, 0.25) is 9.84 Å². The molecule has 0 saturated carbocycles. The van der Waals surface area contributed by atoms with Crippen LogP contribution in [0, 0.1) is 11.6 Å². The maximum atomic E-state index is 13.8. The van der Waals surface area contributed by atoms with E-state index >= 15 is 0 Å². The first kappa shape index (κ1) is 31.9. The summed E-state index contributed by atoms with van der Waals surface area (Å²) < 4.78 is 59.1. The molecule has 0 fully saturated rings. The number of methoxy groups -OCH3 is 1. The predicted octanol–water partition coefficient (Wildman–Crippen LogP) is 4.76. The summed E-state index contributed by atoms with van der Waals surface area (Å²) in [7, 11) is 3.38. The van der Waals surface area contributed by atoms with E-state index in [4.69, 9.17) is 4.74 Å². The minimum absolute atomic E-state index is 0.0996. The Morgan fingerprint density at radius 3 is 2.40 bits per heavy atom. The molecule has 4 rings (SSSR count). The molecule has 43 heavy (non-hydrogen) atoms. The van der Waals surface area contributed by atoms with Crippen LogP contribution in [-0.4, -0.2) is 83.4 Å². The summed E-state index contributed by atoms with van der Waals surface area (Å²) in [5.74, 6) is -2.39. The molecule has 0 bridgehead atoms. The molecular formula is C30H36F2N6O4S. The van der Waals surface area contributed by atoms with Crippen molar-refractivity contribution in [3.05, 3.63) is 71.8 Å². The van der Waals surface area contributed by atoms with Crippen LogP contribution in [0.15, 0.2) is 64.4 Å². The van der Waals surface area contributed by atoms with Gasteiger partial charge in [-0.25, -0.2) is 17.2 Å². The van der Waals surface area contributed by atoms with E-state index in [1.807, 2.05) is 40.2 Å². The quantitative estimate of drug-likeness (QED) is 0.197. The van der Waals surface area contributed by atoms with Gasteiger partial charge < -0.3 is 25.2 Å². The highest BCUT2D eigenvalue weighted by atomic mass is 32.2. The number of fused-ring (bicyclic) bond motifs is 1. The van der Waals surface area contributed by atoms with E-state index < -0.39 is 32.3 Å². The van der Waals surface area contributed by atoms with Crippen molar-refractivity contribution in [1.29, 1.82) is 0 Å². The Morgan fingerprint density at radius 2 is 1.72 bits per heavy atom. The smallest absolute Gasteiger partial charge is 0.258 e. The standard InChI is InChI=1S/C30H36F2N6O4S/c1-19(18-42-5)33-28-16-22(38(4)12-6-11-37(2)3)7-9-25(28)30(39)34-29-26-17-23(8-10-27(26)35-36-29)43(40,41)24-14-20(31)13-21(32)15-24/h7-10,13-17,19,33H,6,11-12,18H2,1-5H3,(H2,34,35,36,39)/t19-/m0/s1. The molecule has 4 aromatic rings. The summed E-state index contributed by atoms with van der Waals surface area (Å²) in [5, 5.41) is 13.4. The minimum Gasteiger partial charge on any atom is -0.383 e. The number of rotatable bonds is 13. The lowest BCUT2D eigenvalue weighted by Crippen LogP contribution is -2.25. The number of benzene rings is 3. The number of nitrogens with one attached hydrogen (secondary N) is 3. The van der Waals surface area contributed by atoms with Gasteiger partial charge in [0, 0.05) is 49.6 Å². The zero-order valence-electron chi connectivity index (χ0n) is 24.7. The van der Waals surface area contributed by atoms with Crippen LogP contribution < -0.4 is 15.5 Å². The van der Waals surface area contributed by atoms with Crippen LogP contribution in [0.2, 0.25) is 0 Å². The molecule has 1 atom stereocenters. The second-order valence-electron chi connectivity index (χ2n) is 10.7. The van der Waals surface area contributed by atoms with Gasteiger partial charge in [-0.15, -0.1) is 0 Å². The van der Waals surface area contributed by atoms with Crippen molar-refractivity contribution in [1.82, 2.24) is 15.1 Å². The molecule has 10 nitrogen and oxygen atoms in total. The summed E-state index contributed by atoms with van der Waals surface area (Å²) in [6.07, 6.45) is 0.965. The van der Waals surface area contributed by atoms with E-state index in [2.05, 4.69) is 30.6 Å². The number of halogens is 2. The van der Waals surface area contributed by atoms with Crippen LogP contribution in [0.25, 0.3) is 10.9 Å². The average Bonchev–Trinajstić information content (AvgIpc) is 3.34. The maximum absolute atomic E-state index is 13.8. The molecule has 1 amide bonds. The number of hydrogen-bond donors (Lipinski definition) is 3. The summed E-state index contributed by atoms with van der Waals surface area (Å²) in [4.78, 5) is 17.1. The topological polar surface area (TPSA) is 120 Å². The van der Waals surface area contributed by atoms with Crippen LogP contribution in [0.1, 0.15) is 23.7 Å². The van der Waals surface area contributed by atoms with Crippen LogP contribution in [0.3, 0.4) is 0 Å². The molecule has 0 radical (unpaired) electrons. The highest BCUT2D eigenvalue weighted by Gasteiger charge is 2.23. The Morgan fingerprint density at radius 1 is 1.00 bits per heavy atom. The van der Waals surface area contributed by atoms with Crippen molar-refractivity contribution in [2.45, 2.75) is 29.2 Å². The lowest BCUT2D eigenvalue weighted by molar-refractivity contribution is 0.102. The van der Waals surface area contributed by atoms with Crippen LogP contribution in [0.4, 0.5) is 26.0 Å². The Kier molecular flexibility index (Phi) is 9.99. The molecule has 1 heterocycles. The molecular weight excluding hydrogens is 578 g/mol. The second kappa shape index (κ2) is 13.5. The first-order valence-electron chi connectivity index (χ1n) is 13.6. The maximum Gasteiger partial charge on any atom is 0.258 e. The SMILES string of the molecule is COC[C@H](C)Nc1cc(N(C)CCCN(C)C)ccc1C(=O)Nc1n[nH]c2ccc(S(=O)(=O)c3cc(F)cc(F)c3)cc12. The molecule has 0 aliphatic heterocycles. The number of amides is 1. The van der Waals surface area contributed by atoms with Crippen molar-refractivity contribution in [3.63, 3.8) is 0 Å². The highest BCUT2D eigenvalue weighted by molar-refractivity contribution is 7.91. The third-order valence-corrected chi connectivity index (χ3v) is 8.56. The van der Waals surface area contributed by atoms with E-state index in [0.717, 1.165) is 37.3 Å². The van der Waals surface area contributed by atoms with Crippen molar-refractivity contribution < 1.29 is 26.7 Å². The van der Waals surface area contributed by atoms with E-state index in [1.165, 1.54) is 18.2 Å². The van der Waals surface area contributed by atoms with Gasteiger partial charge in [-0.05, 0) is 82.5 Å². The van der Waals surface area contributed by atoms with Crippen molar-refractivity contribution in [3.8, 4) is 0 Å². The number of aromatic amines is 1. The second-order valence-corrected chi connectivity index (χ2v) is 12.6. The number of nitrogens with zero attached hydrogens (tertiary/aromatic N) is 3. The predicted molar refractivity (Wildman–Crippen MR) is 164 cm³/mol. The Bertz CT molecular complexity index is 1690. The number of anilines is 3. The highest BCUT2D eigenvalue weighted by Crippen LogP contribution is 2.30. The molecule has 0 saturated heterocycles. The first-order valence-corrected chi connectivity index (χ1v) is 15.1. The van der Waals surface area contributed by atoms with Gasteiger partial charge in [0.25, 0.3) is 5.91 Å². The molecule has 3 aromatic carbocycles. The third-order valence-electron chi connectivity index (χ3n) is 6.83. The fraction of sp³-hybridized carbons (Fsp3) is 0.333. The summed E-state index contributed by atoms with van der Waals surface area (Å²) in [6, 6.07) is 11.6. The molecule has 0 spiro atoms. The molecule has 0 aliphatic rings. The molecule has 0 unspecified atom stereocenters. The number of carbonyl (C=O) groups is 1. The zero-order chi connectivity index (χ0) is 31.3. The Labute approximate surface area is 249 Å². The lowest BCUT2D eigenvalue weighted by Gasteiger charge is -2.23. The van der Waals surface area contributed by atoms with E-state index in [0.29, 0.717) is 34.8 Å². The number of hydrogen-bond acceptors (Lipinski definition) is 8. The molecule has 1 aromatic heterocycles. The van der Waals surface area contributed by atoms with Gasteiger partial charge in [0.05, 0.1) is 27.5 Å². The molecule has 230 valence electrons. The average molecular weight is 615 g/mol. The van der Waals surface area contributed by atoms with Crippen LogP contribution in [0.5, 0.6) is 0 Å². The monoisotopic (exact) mass is 614 g/mol. The summed E-state index contributed by atoms with van der Waals surface area (Å²) >= 11 is 0. The van der Waals surface area contributed by atoms with E-state index in [1.54, 1.807) is 13.2 Å². The number of carbonyl (C=O) groups excluding carboxylic acids is 1. The fourth-order valence-electron chi connectivity index (χ4n) is 4.65. The number of H-pyrrole nitrogens is 1. The first-order chi connectivity index (χ1) is 20.4. The zero-order valence-corrected chi connectivity index (χ0v) is 25.6. The van der Waals surface area contributed by atoms with Gasteiger partial charge in [0.1, 0.15) is 11.6 Å². The van der Waals surface area contributed by atoms with Crippen molar-refractivity contribution in [2.24, 2.45) is 0 Å². The van der Waals surface area contributed by atoms with Crippen molar-refractivity contribution >= 4 is 43.8 Å². The van der Waals surface area contributed by atoms with Gasteiger partial charge in [-0.2, -0.15) is 5.10 Å². The summed E-state index contributed by atoms with van der Waals surface area (Å²) in [6.45, 7) is 4.12. The van der Waals surface area contributed by atoms with Gasteiger partial charge in [-0.3, -0.25) is 9.89 Å². The normalized spacial score (nSPS) is 12.5. The van der Waals surface area contributed by atoms with E-state index in [9.17, 15) is 22.0 Å². The lowest BCUT2D eigenvalue weighted by atomic mass is 10.1. The molecule has 0 aliphatic carbocycles. The van der Waals surface area contributed by atoms with E-state index in [-0.39, 0.29) is 16.8 Å². The number of aromatic nitrogens is 2. The number of sulfone groups is 1. The minimum atomic E-state index is -4.26. The molecule has 13 heteroatoms. The largest absolute Gasteiger partial charge is 0.383 e. The van der Waals surface area contributed by atoms with Crippen LogP contribution >= 0.6 is 0 Å². The molecule has 3 N–H and O–H groups in total. The summed E-state index contributed by atoms with van der Waals surface area (Å²) in [5.41, 5.74) is 2.33.